The number of rotatable bonds is 1. The summed E-state index contributed by atoms with van der Waals surface area (Å²) in [4.78, 5) is 4.54. The highest BCUT2D eigenvalue weighted by Crippen LogP contribution is 2.21. The third-order valence-electron chi connectivity index (χ3n) is 2.19. The molecule has 3 N–H and O–H groups in total. The largest absolute Gasteiger partial charge is 0.378 e. The summed E-state index contributed by atoms with van der Waals surface area (Å²) in [6, 6.07) is 0. The molecule has 1 heterocycles. The second kappa shape index (κ2) is 4.28. The first kappa shape index (κ1) is 11.5. The maximum atomic E-state index is 5.49. The van der Waals surface area contributed by atoms with Crippen molar-refractivity contribution in [1.82, 2.24) is 5.43 Å². The smallest absolute Gasteiger partial charge is 0.116 e. The average Bonchev–Trinajstić information content (AvgIpc) is 2.46. The van der Waals surface area contributed by atoms with Gasteiger partial charge in [-0.2, -0.15) is 0 Å². The molecule has 0 aromatic rings. The van der Waals surface area contributed by atoms with Crippen LogP contribution in [0.1, 0.15) is 34.1 Å². The molecule has 1 aliphatic rings. The molecule has 0 aromatic carbocycles. The number of nitrogens with one attached hydrogen (secondary N) is 1. The van der Waals surface area contributed by atoms with Crippen LogP contribution in [0.2, 0.25) is 0 Å². The van der Waals surface area contributed by atoms with Gasteiger partial charge < -0.3 is 10.2 Å². The second-order valence-electron chi connectivity index (χ2n) is 4.89. The van der Waals surface area contributed by atoms with E-state index >= 15 is 0 Å². The summed E-state index contributed by atoms with van der Waals surface area (Å²) in [7, 11) is 0. The van der Waals surface area contributed by atoms with Crippen molar-refractivity contribution in [2.24, 2.45) is 16.8 Å². The molecule has 0 aromatic heterocycles. The van der Waals surface area contributed by atoms with Crippen molar-refractivity contribution in [3.63, 3.8) is 0 Å². The van der Waals surface area contributed by atoms with Crippen LogP contribution in [-0.4, -0.2) is 24.1 Å². The van der Waals surface area contributed by atoms with Gasteiger partial charge in [0, 0.05) is 5.92 Å². The maximum absolute atomic E-state index is 5.49. The lowest BCUT2D eigenvalue weighted by molar-refractivity contribution is 0.123. The number of amidine groups is 1. The molecule has 0 saturated carbocycles. The third-order valence-corrected chi connectivity index (χ3v) is 2.19. The van der Waals surface area contributed by atoms with E-state index in [4.69, 9.17) is 10.6 Å². The Morgan fingerprint density at radius 2 is 2.14 bits per heavy atom. The fourth-order valence-electron chi connectivity index (χ4n) is 1.61. The first-order chi connectivity index (χ1) is 6.42. The van der Waals surface area contributed by atoms with E-state index in [0.29, 0.717) is 12.0 Å². The van der Waals surface area contributed by atoms with Crippen LogP contribution in [0.25, 0.3) is 0 Å². The number of hydrazine groups is 1. The molecule has 0 aliphatic carbocycles. The van der Waals surface area contributed by atoms with Crippen molar-refractivity contribution in [3.05, 3.63) is 0 Å². The zero-order valence-electron chi connectivity index (χ0n) is 9.50. The van der Waals surface area contributed by atoms with Crippen LogP contribution in [0.5, 0.6) is 0 Å². The van der Waals surface area contributed by atoms with Gasteiger partial charge in [-0.05, 0) is 34.1 Å². The quantitative estimate of drug-likeness (QED) is 0.287. The van der Waals surface area contributed by atoms with E-state index in [0.717, 1.165) is 18.9 Å². The molecule has 2 atom stereocenters. The van der Waals surface area contributed by atoms with Crippen molar-refractivity contribution in [2.75, 3.05) is 6.61 Å². The summed E-state index contributed by atoms with van der Waals surface area (Å²) in [5.74, 6) is 6.66. The maximum Gasteiger partial charge on any atom is 0.116 e. The van der Waals surface area contributed by atoms with E-state index < -0.39 is 0 Å². The molecular weight excluding hydrogens is 178 g/mol. The van der Waals surface area contributed by atoms with E-state index in [1.165, 1.54) is 0 Å². The molecule has 0 radical (unpaired) electrons. The van der Waals surface area contributed by atoms with Gasteiger partial charge in [0.05, 0.1) is 18.2 Å². The third kappa shape index (κ3) is 3.27. The van der Waals surface area contributed by atoms with Gasteiger partial charge in [0.25, 0.3) is 0 Å². The minimum Gasteiger partial charge on any atom is -0.378 e. The number of nitrogens with zero attached hydrogens (tertiary/aromatic N) is 1. The molecule has 0 spiro atoms. The lowest BCUT2D eigenvalue weighted by atomic mass is 10.0. The van der Waals surface area contributed by atoms with Crippen molar-refractivity contribution in [3.8, 4) is 0 Å². The van der Waals surface area contributed by atoms with E-state index in [2.05, 4.69) is 38.1 Å². The molecule has 14 heavy (non-hydrogen) atoms. The summed E-state index contributed by atoms with van der Waals surface area (Å²) < 4.78 is 5.49. The molecular formula is C10H21N3O. The Balaban J connectivity index is 2.67. The van der Waals surface area contributed by atoms with Crippen LogP contribution in [0, 0.1) is 5.92 Å². The summed E-state index contributed by atoms with van der Waals surface area (Å²) in [6.07, 6.45) is 1.32. The van der Waals surface area contributed by atoms with Gasteiger partial charge in [0.15, 0.2) is 0 Å². The topological polar surface area (TPSA) is 59.6 Å². The normalized spacial score (nSPS) is 29.4. The van der Waals surface area contributed by atoms with Gasteiger partial charge in [-0.25, -0.2) is 5.84 Å². The predicted octanol–water partition coefficient (Wildman–Crippen LogP) is 1.07. The molecule has 4 heteroatoms. The number of ether oxygens (including phenoxy) is 1. The Morgan fingerprint density at radius 1 is 1.50 bits per heavy atom. The Hall–Kier alpha value is -0.610. The molecule has 1 aliphatic heterocycles. The number of aliphatic imine (C=N–C) groups is 1. The molecule has 0 amide bonds. The summed E-state index contributed by atoms with van der Waals surface area (Å²) in [6.45, 7) is 8.97. The Labute approximate surface area is 85.9 Å². The first-order valence-electron chi connectivity index (χ1n) is 5.10. The van der Waals surface area contributed by atoms with Crippen molar-refractivity contribution in [1.29, 1.82) is 0 Å². The molecule has 1 fully saturated rings. The van der Waals surface area contributed by atoms with Crippen molar-refractivity contribution in [2.45, 2.75) is 45.8 Å². The van der Waals surface area contributed by atoms with Crippen LogP contribution < -0.4 is 11.3 Å². The van der Waals surface area contributed by atoms with Crippen LogP contribution in [0.4, 0.5) is 0 Å². The highest BCUT2D eigenvalue weighted by Gasteiger charge is 2.27. The Kier molecular flexibility index (Phi) is 3.50. The minimum absolute atomic E-state index is 0.0898. The number of nitrogens with two attached hydrogens (primary N) is 1. The Bertz CT molecular complexity index is 220. The number of hydrogen-bond donors (Lipinski definition) is 2. The van der Waals surface area contributed by atoms with E-state index in [9.17, 15) is 0 Å². The van der Waals surface area contributed by atoms with Crippen molar-refractivity contribution >= 4 is 5.84 Å². The Morgan fingerprint density at radius 3 is 2.50 bits per heavy atom. The van der Waals surface area contributed by atoms with Gasteiger partial charge in [-0.3, -0.25) is 4.99 Å². The average molecular weight is 199 g/mol. The molecule has 0 bridgehead atoms. The van der Waals surface area contributed by atoms with Gasteiger partial charge >= 0.3 is 0 Å². The highest BCUT2D eigenvalue weighted by molar-refractivity contribution is 5.84. The van der Waals surface area contributed by atoms with E-state index in [1.807, 2.05) is 0 Å². The highest BCUT2D eigenvalue weighted by atomic mass is 16.5. The molecule has 1 rings (SSSR count). The van der Waals surface area contributed by atoms with Gasteiger partial charge in [-0.15, -0.1) is 0 Å². The zero-order valence-corrected chi connectivity index (χ0v) is 9.50. The summed E-state index contributed by atoms with van der Waals surface area (Å²) >= 11 is 0. The van der Waals surface area contributed by atoms with E-state index in [1.54, 1.807) is 0 Å². The minimum atomic E-state index is -0.0898. The SMILES string of the molecule is CC1CC(C(=NC(C)(C)C)NN)CO1. The molecule has 1 saturated heterocycles. The fraction of sp³-hybridized carbons (Fsp3) is 0.900. The lowest BCUT2D eigenvalue weighted by Crippen LogP contribution is -2.38. The standard InChI is InChI=1S/C10H21N3O/c1-7-5-8(6-14-7)9(13-11)12-10(2,3)4/h7-8H,5-6,11H2,1-4H3,(H,12,13). The monoisotopic (exact) mass is 199 g/mol. The zero-order chi connectivity index (χ0) is 10.8. The molecule has 82 valence electrons. The van der Waals surface area contributed by atoms with Crippen LogP contribution in [0.15, 0.2) is 4.99 Å². The van der Waals surface area contributed by atoms with Crippen LogP contribution in [-0.2, 0) is 4.74 Å². The lowest BCUT2D eigenvalue weighted by Gasteiger charge is -2.18. The van der Waals surface area contributed by atoms with Crippen molar-refractivity contribution < 1.29 is 4.74 Å². The molecule has 2 unspecified atom stereocenters. The first-order valence-corrected chi connectivity index (χ1v) is 5.10. The summed E-state index contributed by atoms with van der Waals surface area (Å²) in [5, 5.41) is 0. The van der Waals surface area contributed by atoms with Gasteiger partial charge in [0.1, 0.15) is 5.84 Å². The van der Waals surface area contributed by atoms with Crippen LogP contribution in [0.3, 0.4) is 0 Å². The van der Waals surface area contributed by atoms with Gasteiger partial charge in [-0.1, -0.05) is 0 Å². The van der Waals surface area contributed by atoms with E-state index in [-0.39, 0.29) is 5.54 Å². The van der Waals surface area contributed by atoms with Crippen LogP contribution >= 0.6 is 0 Å². The molecule has 4 nitrogen and oxygen atoms in total. The predicted molar refractivity (Wildman–Crippen MR) is 58.0 cm³/mol. The summed E-state index contributed by atoms with van der Waals surface area (Å²) in [5.41, 5.74) is 2.60. The second-order valence-corrected chi connectivity index (χ2v) is 4.89. The number of hydrogen-bond acceptors (Lipinski definition) is 3. The fourth-order valence-corrected chi connectivity index (χ4v) is 1.61. The van der Waals surface area contributed by atoms with Gasteiger partial charge in [0.2, 0.25) is 0 Å².